The summed E-state index contributed by atoms with van der Waals surface area (Å²) in [6, 6.07) is 3.30. The average Bonchev–Trinajstić information content (AvgIpc) is 2.88. The van der Waals surface area contributed by atoms with Gasteiger partial charge < -0.3 is 15.1 Å². The molecular weight excluding hydrogens is 437 g/mol. The zero-order valence-electron chi connectivity index (χ0n) is 16.9. The first-order valence-corrected chi connectivity index (χ1v) is 9.36. The Kier molecular flexibility index (Phi) is 6.12. The van der Waals surface area contributed by atoms with Crippen molar-refractivity contribution in [3.8, 4) is 5.75 Å². The molecule has 1 aliphatic rings. The lowest BCUT2D eigenvalue weighted by atomic mass is 9.83. The number of hydrogen-bond acceptors (Lipinski definition) is 6. The van der Waals surface area contributed by atoms with E-state index in [4.69, 9.17) is 0 Å². The van der Waals surface area contributed by atoms with Crippen molar-refractivity contribution in [2.75, 3.05) is 6.61 Å². The number of aromatic nitrogens is 2. The molecule has 4 amide bonds. The Hall–Kier alpha value is -3.61. The second-order valence-corrected chi connectivity index (χ2v) is 7.08. The molecule has 10 nitrogen and oxygen atoms in total. The molecule has 3 N–H and O–H groups in total. The highest BCUT2D eigenvalue weighted by Gasteiger charge is 2.47. The summed E-state index contributed by atoms with van der Waals surface area (Å²) in [4.78, 5) is 36.7. The molecule has 0 aliphatic carbocycles. The first kappa shape index (κ1) is 23.1. The molecule has 1 aliphatic heterocycles. The van der Waals surface area contributed by atoms with Crippen LogP contribution in [-0.4, -0.2) is 40.5 Å². The molecule has 0 spiro atoms. The highest BCUT2D eigenvalue weighted by Crippen LogP contribution is 2.35. The molecule has 2 aromatic rings. The van der Waals surface area contributed by atoms with E-state index in [2.05, 4.69) is 4.74 Å². The highest BCUT2D eigenvalue weighted by atomic mass is 19.4. The fourth-order valence-electron chi connectivity index (χ4n) is 3.67. The van der Waals surface area contributed by atoms with Crippen LogP contribution < -0.4 is 20.1 Å². The van der Waals surface area contributed by atoms with E-state index in [1.807, 2.05) is 10.6 Å². The SMILES string of the molecule is Cc1c(C)[n+]([O-])c(C(c2ccc(OC(F)(F)F)cc2)C2C(=O)NC(=O)NC2=O)n1CCO. The number of nitrogens with one attached hydrogen (secondary N) is 2. The van der Waals surface area contributed by atoms with Crippen LogP contribution in [-0.2, 0) is 16.1 Å². The quantitative estimate of drug-likeness (QED) is 0.333. The Morgan fingerprint density at radius 1 is 1.16 bits per heavy atom. The van der Waals surface area contributed by atoms with Gasteiger partial charge in [0.2, 0.25) is 11.8 Å². The molecule has 172 valence electrons. The Balaban J connectivity index is 2.18. The van der Waals surface area contributed by atoms with Crippen molar-refractivity contribution in [2.45, 2.75) is 32.7 Å². The number of rotatable bonds is 6. The van der Waals surface area contributed by atoms with Gasteiger partial charge in [-0.3, -0.25) is 20.2 Å². The van der Waals surface area contributed by atoms with Gasteiger partial charge in [0.15, 0.2) is 0 Å². The maximum absolute atomic E-state index is 13.0. The number of halogens is 3. The van der Waals surface area contributed by atoms with Gasteiger partial charge in [0, 0.05) is 13.8 Å². The van der Waals surface area contributed by atoms with Crippen molar-refractivity contribution in [3.63, 3.8) is 0 Å². The highest BCUT2D eigenvalue weighted by molar-refractivity contribution is 6.16. The summed E-state index contributed by atoms with van der Waals surface area (Å²) < 4.78 is 43.3. The van der Waals surface area contributed by atoms with Gasteiger partial charge in [0.05, 0.1) is 6.61 Å². The average molecular weight is 456 g/mol. The van der Waals surface area contributed by atoms with Crippen molar-refractivity contribution in [1.29, 1.82) is 0 Å². The van der Waals surface area contributed by atoms with Crippen LogP contribution in [0.3, 0.4) is 0 Å². The van der Waals surface area contributed by atoms with Crippen LogP contribution in [0.4, 0.5) is 18.0 Å². The molecule has 3 rings (SSSR count). The van der Waals surface area contributed by atoms with Crippen LogP contribution in [0.25, 0.3) is 0 Å². The zero-order chi connectivity index (χ0) is 23.8. The molecule has 1 aromatic carbocycles. The second kappa shape index (κ2) is 8.49. The predicted octanol–water partition coefficient (Wildman–Crippen LogP) is 0.743. The van der Waals surface area contributed by atoms with Crippen LogP contribution in [0.5, 0.6) is 5.75 Å². The third-order valence-corrected chi connectivity index (χ3v) is 5.16. The molecule has 2 heterocycles. The van der Waals surface area contributed by atoms with Gasteiger partial charge in [-0.05, 0) is 17.7 Å². The van der Waals surface area contributed by atoms with Crippen molar-refractivity contribution in [1.82, 2.24) is 15.2 Å². The number of nitrogens with zero attached hydrogens (tertiary/aromatic N) is 2. The number of imidazole rings is 1. The summed E-state index contributed by atoms with van der Waals surface area (Å²) in [5, 5.41) is 26.4. The van der Waals surface area contributed by atoms with Crippen molar-refractivity contribution < 1.29 is 42.1 Å². The summed E-state index contributed by atoms with van der Waals surface area (Å²) in [6.07, 6.45) is -4.92. The molecule has 32 heavy (non-hydrogen) atoms. The van der Waals surface area contributed by atoms with Gasteiger partial charge in [0.25, 0.3) is 5.82 Å². The molecule has 0 radical (unpaired) electrons. The Morgan fingerprint density at radius 2 is 1.72 bits per heavy atom. The molecule has 1 fully saturated rings. The van der Waals surface area contributed by atoms with Crippen LogP contribution in [0.15, 0.2) is 24.3 Å². The molecule has 13 heteroatoms. The number of urea groups is 1. The molecular formula is C19H19F3N4O6. The van der Waals surface area contributed by atoms with E-state index >= 15 is 0 Å². The van der Waals surface area contributed by atoms with E-state index in [1.165, 1.54) is 23.6 Å². The topological polar surface area (TPSA) is 137 Å². The zero-order valence-corrected chi connectivity index (χ0v) is 16.9. The summed E-state index contributed by atoms with van der Waals surface area (Å²) >= 11 is 0. The maximum atomic E-state index is 13.0. The number of amides is 4. The minimum Gasteiger partial charge on any atom is -0.711 e. The van der Waals surface area contributed by atoms with Crippen LogP contribution >= 0.6 is 0 Å². The Morgan fingerprint density at radius 3 is 2.22 bits per heavy atom. The molecule has 1 unspecified atom stereocenters. The number of imide groups is 2. The van der Waals surface area contributed by atoms with Crippen molar-refractivity contribution in [3.05, 3.63) is 52.2 Å². The van der Waals surface area contributed by atoms with Gasteiger partial charge in [-0.25, -0.2) is 14.1 Å². The van der Waals surface area contributed by atoms with Crippen LogP contribution in [0.1, 0.15) is 28.7 Å². The summed E-state index contributed by atoms with van der Waals surface area (Å²) in [6.45, 7) is 2.69. The lowest BCUT2D eigenvalue weighted by Gasteiger charge is -2.28. The third-order valence-electron chi connectivity index (χ3n) is 5.16. The number of aliphatic hydroxyl groups excluding tert-OH is 1. The summed E-state index contributed by atoms with van der Waals surface area (Å²) in [5.74, 6) is -5.48. The van der Waals surface area contributed by atoms with Gasteiger partial charge in [-0.1, -0.05) is 12.1 Å². The number of alkyl halides is 3. The van der Waals surface area contributed by atoms with Gasteiger partial charge in [0.1, 0.15) is 35.5 Å². The largest absolute Gasteiger partial charge is 0.711 e. The summed E-state index contributed by atoms with van der Waals surface area (Å²) in [7, 11) is 0. The van der Waals surface area contributed by atoms with Crippen molar-refractivity contribution >= 4 is 17.8 Å². The van der Waals surface area contributed by atoms with Crippen LogP contribution in [0, 0.1) is 25.0 Å². The standard InChI is InChI=1S/C19H19F3N4O6/c1-9-10(2)26(31)17(25(9)7-8-27)13(14-15(28)23-18(30)24-16(14)29)11-3-5-12(6-4-11)32-19(20,21)22/h3-6,13-14,27H,7-8H2,1-2H3,(H2,23,24,28,29,30). The van der Waals surface area contributed by atoms with Crippen LogP contribution in [0.2, 0.25) is 0 Å². The minimum absolute atomic E-state index is 0.0437. The van der Waals surface area contributed by atoms with E-state index < -0.39 is 41.8 Å². The molecule has 1 aromatic heterocycles. The number of barbiturate groups is 1. The molecule has 1 saturated heterocycles. The lowest BCUT2D eigenvalue weighted by molar-refractivity contribution is -0.621. The molecule has 0 bridgehead atoms. The van der Waals surface area contributed by atoms with Crippen molar-refractivity contribution in [2.24, 2.45) is 5.92 Å². The fourth-order valence-corrected chi connectivity index (χ4v) is 3.67. The first-order chi connectivity index (χ1) is 14.9. The second-order valence-electron chi connectivity index (χ2n) is 7.08. The number of ether oxygens (including phenoxy) is 1. The first-order valence-electron chi connectivity index (χ1n) is 9.36. The van der Waals surface area contributed by atoms with E-state index in [1.54, 1.807) is 6.92 Å². The predicted molar refractivity (Wildman–Crippen MR) is 100 cm³/mol. The van der Waals surface area contributed by atoms with Gasteiger partial charge in [-0.15, -0.1) is 13.2 Å². The number of carbonyl (C=O) groups excluding carboxylic acids is 3. The van der Waals surface area contributed by atoms with E-state index in [9.17, 15) is 37.9 Å². The smallest absolute Gasteiger partial charge is 0.573 e. The number of carbonyl (C=O) groups is 3. The van der Waals surface area contributed by atoms with Gasteiger partial charge in [-0.2, -0.15) is 0 Å². The number of aliphatic hydroxyl groups is 1. The molecule has 1 atom stereocenters. The monoisotopic (exact) mass is 456 g/mol. The Labute approximate surface area is 179 Å². The van der Waals surface area contributed by atoms with Gasteiger partial charge >= 0.3 is 12.4 Å². The van der Waals surface area contributed by atoms with E-state index in [0.717, 1.165) is 12.1 Å². The number of benzene rings is 1. The lowest BCUT2D eigenvalue weighted by Crippen LogP contribution is -2.58. The molecule has 0 saturated carbocycles. The Bertz CT molecular complexity index is 1040. The fraction of sp³-hybridized carbons (Fsp3) is 0.368. The number of hydrogen-bond donors (Lipinski definition) is 3. The normalized spacial score (nSPS) is 16.0. The third kappa shape index (κ3) is 4.37. The van der Waals surface area contributed by atoms with E-state index in [0.29, 0.717) is 10.4 Å². The summed E-state index contributed by atoms with van der Waals surface area (Å²) in [5.41, 5.74) is 0.840. The maximum Gasteiger partial charge on any atom is 0.573 e. The minimum atomic E-state index is -4.92. The van der Waals surface area contributed by atoms with E-state index in [-0.39, 0.29) is 30.2 Å².